The molecule has 0 saturated carbocycles. The third-order valence-electron chi connectivity index (χ3n) is 3.60. The van der Waals surface area contributed by atoms with Gasteiger partial charge < -0.3 is 19.8 Å². The minimum absolute atomic E-state index is 0.142. The molecule has 0 aromatic heterocycles. The molecular formula is C16H21NO4. The van der Waals surface area contributed by atoms with Crippen molar-refractivity contribution in [1.29, 1.82) is 0 Å². The standard InChI is InChI=1S/C16H21NO4/c1-17(9-13-10-21-11-14(18)16(13)20)15(19)8-7-12-5-3-2-4-6-12/h2-8,13-14,16,18,20H,9-11H2,1H3/b8-7+/t13-,14-,16+/m1/s1. The molecule has 1 aromatic carbocycles. The van der Waals surface area contributed by atoms with Crippen LogP contribution in [0.1, 0.15) is 5.56 Å². The molecule has 1 aromatic rings. The van der Waals surface area contributed by atoms with Crippen LogP contribution in [0.15, 0.2) is 36.4 Å². The van der Waals surface area contributed by atoms with Crippen LogP contribution in [0.2, 0.25) is 0 Å². The van der Waals surface area contributed by atoms with E-state index in [1.54, 1.807) is 13.1 Å². The second kappa shape index (κ2) is 7.36. The van der Waals surface area contributed by atoms with Gasteiger partial charge >= 0.3 is 0 Å². The van der Waals surface area contributed by atoms with Crippen LogP contribution in [0, 0.1) is 5.92 Å². The number of aliphatic hydroxyl groups is 2. The van der Waals surface area contributed by atoms with Crippen LogP contribution in [-0.2, 0) is 9.53 Å². The first-order valence-electron chi connectivity index (χ1n) is 7.00. The molecule has 1 heterocycles. The zero-order valence-corrected chi connectivity index (χ0v) is 12.1. The lowest BCUT2D eigenvalue weighted by atomic mass is 9.96. The summed E-state index contributed by atoms with van der Waals surface area (Å²) in [5, 5.41) is 19.4. The van der Waals surface area contributed by atoms with E-state index in [0.717, 1.165) is 5.56 Å². The van der Waals surface area contributed by atoms with Gasteiger partial charge in [0.1, 0.15) is 6.10 Å². The van der Waals surface area contributed by atoms with Gasteiger partial charge in [0.05, 0.1) is 19.3 Å². The van der Waals surface area contributed by atoms with E-state index in [0.29, 0.717) is 13.2 Å². The lowest BCUT2D eigenvalue weighted by Crippen LogP contribution is -2.48. The van der Waals surface area contributed by atoms with Gasteiger partial charge in [-0.1, -0.05) is 30.3 Å². The van der Waals surface area contributed by atoms with Crippen molar-refractivity contribution in [3.63, 3.8) is 0 Å². The van der Waals surface area contributed by atoms with Crippen LogP contribution in [0.3, 0.4) is 0 Å². The fraction of sp³-hybridized carbons (Fsp3) is 0.438. The Morgan fingerprint density at radius 2 is 2.05 bits per heavy atom. The SMILES string of the molecule is CN(C[C@@H]1COC[C@@H](O)[C@H]1O)C(=O)/C=C/c1ccccc1. The Bertz CT molecular complexity index is 488. The van der Waals surface area contributed by atoms with Crippen molar-refractivity contribution in [3.05, 3.63) is 42.0 Å². The Morgan fingerprint density at radius 3 is 2.76 bits per heavy atom. The number of carbonyl (C=O) groups is 1. The van der Waals surface area contributed by atoms with Crippen molar-refractivity contribution in [1.82, 2.24) is 4.90 Å². The predicted octanol–water partition coefficient (Wildman–Crippen LogP) is 0.526. The molecule has 0 radical (unpaired) electrons. The summed E-state index contributed by atoms with van der Waals surface area (Å²) in [5.41, 5.74) is 0.954. The zero-order valence-electron chi connectivity index (χ0n) is 12.1. The second-order valence-electron chi connectivity index (χ2n) is 5.32. The zero-order chi connectivity index (χ0) is 15.2. The highest BCUT2D eigenvalue weighted by atomic mass is 16.5. The molecule has 5 heteroatoms. The Balaban J connectivity index is 1.89. The largest absolute Gasteiger partial charge is 0.390 e. The quantitative estimate of drug-likeness (QED) is 0.794. The number of aliphatic hydroxyl groups excluding tert-OH is 2. The maximum atomic E-state index is 12.0. The maximum absolute atomic E-state index is 12.0. The van der Waals surface area contributed by atoms with Crippen molar-refractivity contribution < 1.29 is 19.7 Å². The highest BCUT2D eigenvalue weighted by Crippen LogP contribution is 2.16. The van der Waals surface area contributed by atoms with Crippen LogP contribution in [0.25, 0.3) is 6.08 Å². The van der Waals surface area contributed by atoms with Crippen molar-refractivity contribution in [2.24, 2.45) is 5.92 Å². The Kier molecular flexibility index (Phi) is 5.50. The predicted molar refractivity (Wildman–Crippen MR) is 79.4 cm³/mol. The van der Waals surface area contributed by atoms with Crippen molar-refractivity contribution in [3.8, 4) is 0 Å². The monoisotopic (exact) mass is 291 g/mol. The minimum Gasteiger partial charge on any atom is -0.390 e. The molecule has 1 fully saturated rings. The Labute approximate surface area is 124 Å². The van der Waals surface area contributed by atoms with E-state index in [9.17, 15) is 15.0 Å². The molecule has 2 rings (SSSR count). The molecule has 114 valence electrons. The van der Waals surface area contributed by atoms with Crippen LogP contribution < -0.4 is 0 Å². The summed E-state index contributed by atoms with van der Waals surface area (Å²) in [5.74, 6) is -0.418. The van der Waals surface area contributed by atoms with E-state index in [2.05, 4.69) is 0 Å². The molecule has 0 bridgehead atoms. The highest BCUT2D eigenvalue weighted by Gasteiger charge is 2.32. The summed E-state index contributed by atoms with van der Waals surface area (Å²) in [6.45, 7) is 0.831. The van der Waals surface area contributed by atoms with Gasteiger partial charge in [0.15, 0.2) is 0 Å². The molecule has 0 unspecified atom stereocenters. The number of likely N-dealkylation sites (N-methyl/N-ethyl adjacent to an activating group) is 1. The number of nitrogens with zero attached hydrogens (tertiary/aromatic N) is 1. The van der Waals surface area contributed by atoms with Gasteiger partial charge in [-0.3, -0.25) is 4.79 Å². The average molecular weight is 291 g/mol. The first-order valence-corrected chi connectivity index (χ1v) is 7.00. The fourth-order valence-corrected chi connectivity index (χ4v) is 2.31. The topological polar surface area (TPSA) is 70.0 Å². The lowest BCUT2D eigenvalue weighted by molar-refractivity contribution is -0.136. The molecule has 1 amide bonds. The molecule has 5 nitrogen and oxygen atoms in total. The summed E-state index contributed by atoms with van der Waals surface area (Å²) in [6.07, 6.45) is 1.52. The molecule has 21 heavy (non-hydrogen) atoms. The summed E-state index contributed by atoms with van der Waals surface area (Å²) >= 11 is 0. The molecule has 1 aliphatic heterocycles. The highest BCUT2D eigenvalue weighted by molar-refractivity contribution is 5.91. The van der Waals surface area contributed by atoms with Gasteiger partial charge in [-0.25, -0.2) is 0 Å². The summed E-state index contributed by atoms with van der Waals surface area (Å²) in [7, 11) is 1.67. The van der Waals surface area contributed by atoms with Gasteiger partial charge in [0.25, 0.3) is 0 Å². The molecule has 0 aliphatic carbocycles. The van der Waals surface area contributed by atoms with Crippen LogP contribution >= 0.6 is 0 Å². The number of benzene rings is 1. The van der Waals surface area contributed by atoms with Crippen LogP contribution in [0.5, 0.6) is 0 Å². The number of rotatable bonds is 4. The van der Waals surface area contributed by atoms with Crippen molar-refractivity contribution >= 4 is 12.0 Å². The Morgan fingerprint density at radius 1 is 1.33 bits per heavy atom. The molecular weight excluding hydrogens is 270 g/mol. The third kappa shape index (κ3) is 4.39. The smallest absolute Gasteiger partial charge is 0.246 e. The number of carbonyl (C=O) groups excluding carboxylic acids is 1. The molecule has 1 aliphatic rings. The van der Waals surface area contributed by atoms with Crippen molar-refractivity contribution in [2.75, 3.05) is 26.8 Å². The van der Waals surface area contributed by atoms with Gasteiger partial charge in [-0.05, 0) is 11.6 Å². The van der Waals surface area contributed by atoms with Crippen LogP contribution in [-0.4, -0.2) is 60.0 Å². The van der Waals surface area contributed by atoms with Gasteiger partial charge in [-0.2, -0.15) is 0 Å². The first-order chi connectivity index (χ1) is 10.1. The summed E-state index contributed by atoms with van der Waals surface area (Å²) in [6, 6.07) is 9.56. The van der Waals surface area contributed by atoms with E-state index in [4.69, 9.17) is 4.74 Å². The van der Waals surface area contributed by atoms with Crippen LogP contribution in [0.4, 0.5) is 0 Å². The second-order valence-corrected chi connectivity index (χ2v) is 5.32. The molecule has 1 saturated heterocycles. The lowest BCUT2D eigenvalue weighted by Gasteiger charge is -2.34. The fourth-order valence-electron chi connectivity index (χ4n) is 2.31. The number of amides is 1. The normalized spacial score (nSPS) is 26.0. The summed E-state index contributed by atoms with van der Waals surface area (Å²) in [4.78, 5) is 13.6. The molecule has 3 atom stereocenters. The molecule has 2 N–H and O–H groups in total. The van der Waals surface area contributed by atoms with E-state index in [1.807, 2.05) is 30.3 Å². The first kappa shape index (κ1) is 15.7. The van der Waals surface area contributed by atoms with Gasteiger partial charge in [-0.15, -0.1) is 0 Å². The van der Waals surface area contributed by atoms with Crippen molar-refractivity contribution in [2.45, 2.75) is 12.2 Å². The van der Waals surface area contributed by atoms with E-state index in [1.165, 1.54) is 11.0 Å². The number of hydrogen-bond donors (Lipinski definition) is 2. The number of hydrogen-bond acceptors (Lipinski definition) is 4. The Hall–Kier alpha value is -1.69. The third-order valence-corrected chi connectivity index (χ3v) is 3.60. The molecule has 0 spiro atoms. The van der Waals surface area contributed by atoms with Gasteiger partial charge in [0.2, 0.25) is 5.91 Å². The average Bonchev–Trinajstić information content (AvgIpc) is 2.50. The summed E-state index contributed by atoms with van der Waals surface area (Å²) < 4.78 is 5.21. The number of ether oxygens (including phenoxy) is 1. The van der Waals surface area contributed by atoms with Gasteiger partial charge in [0, 0.05) is 25.6 Å². The van der Waals surface area contributed by atoms with E-state index >= 15 is 0 Å². The van der Waals surface area contributed by atoms with E-state index < -0.39 is 12.2 Å². The van der Waals surface area contributed by atoms with E-state index in [-0.39, 0.29) is 18.4 Å². The maximum Gasteiger partial charge on any atom is 0.246 e. The minimum atomic E-state index is -0.882.